The molecule has 0 amide bonds. The molecule has 4 nitrogen and oxygen atoms in total. The van der Waals surface area contributed by atoms with Gasteiger partial charge in [-0.05, 0) is 19.4 Å². The highest BCUT2D eigenvalue weighted by Crippen LogP contribution is 2.15. The van der Waals surface area contributed by atoms with Crippen LogP contribution in [0.5, 0.6) is 0 Å². The van der Waals surface area contributed by atoms with Crippen LogP contribution in [0.2, 0.25) is 6.04 Å². The quantitative estimate of drug-likeness (QED) is 0.214. The molecule has 0 atom stereocenters. The van der Waals surface area contributed by atoms with E-state index in [-0.39, 0.29) is 5.97 Å². The van der Waals surface area contributed by atoms with Crippen molar-refractivity contribution >= 4 is 15.5 Å². The highest BCUT2D eigenvalue weighted by molar-refractivity contribution is 6.39. The molecule has 0 spiro atoms. The van der Waals surface area contributed by atoms with Gasteiger partial charge >= 0.3 is 5.97 Å². The molecule has 0 N–H and O–H groups in total. The molecule has 0 aliphatic carbocycles. The first-order chi connectivity index (χ1) is 7.51. The lowest BCUT2D eigenvalue weighted by atomic mass is 10.4. The summed E-state index contributed by atoms with van der Waals surface area (Å²) in [6.07, 6.45) is 0.771. The van der Waals surface area contributed by atoms with Crippen LogP contribution in [0.15, 0.2) is 12.2 Å². The number of esters is 1. The molecule has 0 aliphatic rings. The van der Waals surface area contributed by atoms with E-state index in [0.717, 1.165) is 12.5 Å². The van der Waals surface area contributed by atoms with Crippen molar-refractivity contribution in [2.24, 2.45) is 0 Å². The van der Waals surface area contributed by atoms with Crippen LogP contribution in [0.3, 0.4) is 0 Å². The second-order valence-electron chi connectivity index (χ2n) is 3.36. The number of methoxy groups -OCH3 is 2. The van der Waals surface area contributed by atoms with E-state index >= 15 is 0 Å². The average Bonchev–Trinajstić information content (AvgIpc) is 2.30. The van der Waals surface area contributed by atoms with Crippen LogP contribution in [-0.4, -0.2) is 41.7 Å². The second-order valence-corrected chi connectivity index (χ2v) is 4.97. The van der Waals surface area contributed by atoms with Crippen molar-refractivity contribution < 1.29 is 19.0 Å². The van der Waals surface area contributed by atoms with Crippen molar-refractivity contribution in [3.05, 3.63) is 12.2 Å². The highest BCUT2D eigenvalue weighted by atomic mass is 28.2. The number of carbonyl (C=O) groups excluding carboxylic acids is 1. The van der Waals surface area contributed by atoms with Crippen LogP contribution in [0.4, 0.5) is 0 Å². The third-order valence-electron chi connectivity index (χ3n) is 2.20. The number of hydrogen-bond acceptors (Lipinski definition) is 4. The zero-order valence-electron chi connectivity index (χ0n) is 10.5. The Bertz CT molecular complexity index is 228. The minimum Gasteiger partial charge on any atom is -0.463 e. The van der Waals surface area contributed by atoms with Crippen molar-refractivity contribution in [1.29, 1.82) is 0 Å². The zero-order valence-corrected chi connectivity index (χ0v) is 11.5. The molecule has 0 aromatic heterocycles. The maximum atomic E-state index is 11.1. The summed E-state index contributed by atoms with van der Waals surface area (Å²) in [5.74, 6) is -0.346. The first-order valence-corrected chi connectivity index (χ1v) is 6.40. The number of ether oxygens (including phenoxy) is 3. The Balaban J connectivity index is 3.88. The molecular formula is C11H20O4Si. The van der Waals surface area contributed by atoms with E-state index in [1.807, 2.05) is 6.92 Å². The van der Waals surface area contributed by atoms with E-state index in [1.165, 1.54) is 0 Å². The van der Waals surface area contributed by atoms with Crippen LogP contribution >= 0.6 is 0 Å². The van der Waals surface area contributed by atoms with E-state index in [2.05, 4.69) is 6.58 Å². The largest absolute Gasteiger partial charge is 0.463 e. The summed E-state index contributed by atoms with van der Waals surface area (Å²) in [6, 6.07) is 0.731. The molecule has 0 aromatic rings. The lowest BCUT2D eigenvalue weighted by Crippen LogP contribution is -2.40. The summed E-state index contributed by atoms with van der Waals surface area (Å²) in [7, 11) is 3.69. The van der Waals surface area contributed by atoms with Gasteiger partial charge in [-0.15, -0.1) is 0 Å². The molecule has 0 unspecified atom stereocenters. The van der Waals surface area contributed by atoms with Gasteiger partial charge in [0, 0.05) is 19.8 Å². The molecule has 0 aliphatic heterocycles. The molecular weight excluding hydrogens is 224 g/mol. The molecule has 0 aromatic carbocycles. The summed E-state index contributed by atoms with van der Waals surface area (Å²) < 4.78 is 15.6. The fourth-order valence-corrected chi connectivity index (χ4v) is 2.27. The van der Waals surface area contributed by atoms with Gasteiger partial charge in [0.2, 0.25) is 0 Å². The maximum absolute atomic E-state index is 11.1. The van der Waals surface area contributed by atoms with E-state index < -0.39 is 5.41 Å². The number of hydrogen-bond donors (Lipinski definition) is 0. The predicted octanol–water partition coefficient (Wildman–Crippen LogP) is 1.58. The van der Waals surface area contributed by atoms with E-state index in [0.29, 0.717) is 21.7 Å². The van der Waals surface area contributed by atoms with Gasteiger partial charge in [-0.2, -0.15) is 0 Å². The summed E-state index contributed by atoms with van der Waals surface area (Å²) >= 11 is 0. The molecule has 0 saturated heterocycles. The lowest BCUT2D eigenvalue weighted by molar-refractivity contribution is -0.147. The number of rotatable bonds is 8. The Kier molecular flexibility index (Phi) is 7.28. The molecule has 0 heterocycles. The SMILES string of the molecule is C=C(C)C(=O)OCC[Si]C(CC)(OC)OC. The molecule has 0 rings (SSSR count). The third-order valence-corrected chi connectivity index (χ3v) is 3.96. The lowest BCUT2D eigenvalue weighted by Gasteiger charge is -2.29. The van der Waals surface area contributed by atoms with Crippen LogP contribution < -0.4 is 0 Å². The standard InChI is InChI=1S/C11H20O4Si/c1-6-11(13-4,14-5)16-8-7-15-10(12)9(2)3/h2,6-8H2,1,3-5H3. The van der Waals surface area contributed by atoms with Crippen LogP contribution in [0, 0.1) is 0 Å². The monoisotopic (exact) mass is 244 g/mol. The third kappa shape index (κ3) is 4.91. The van der Waals surface area contributed by atoms with E-state index in [4.69, 9.17) is 14.2 Å². The van der Waals surface area contributed by atoms with Crippen LogP contribution in [0.1, 0.15) is 20.3 Å². The fourth-order valence-electron chi connectivity index (χ4n) is 1.15. The predicted molar refractivity (Wildman–Crippen MR) is 63.4 cm³/mol. The molecule has 0 fully saturated rings. The van der Waals surface area contributed by atoms with Crippen molar-refractivity contribution in [1.82, 2.24) is 0 Å². The Morgan fingerprint density at radius 1 is 1.38 bits per heavy atom. The van der Waals surface area contributed by atoms with Crippen LogP contribution in [-0.2, 0) is 19.0 Å². The normalized spacial score (nSPS) is 11.2. The summed E-state index contributed by atoms with van der Waals surface area (Å²) in [4.78, 5) is 11.1. The Morgan fingerprint density at radius 2 is 1.94 bits per heavy atom. The first-order valence-electron chi connectivity index (χ1n) is 5.19. The van der Waals surface area contributed by atoms with Gasteiger partial charge in [0.15, 0.2) is 0 Å². The van der Waals surface area contributed by atoms with E-state index in [1.54, 1.807) is 21.1 Å². The van der Waals surface area contributed by atoms with Gasteiger partial charge in [0.25, 0.3) is 0 Å². The van der Waals surface area contributed by atoms with Gasteiger partial charge in [0.1, 0.15) is 14.9 Å². The highest BCUT2D eigenvalue weighted by Gasteiger charge is 2.27. The average molecular weight is 244 g/mol. The molecule has 16 heavy (non-hydrogen) atoms. The number of carbonyl (C=O) groups is 1. The molecule has 5 heteroatoms. The first kappa shape index (κ1) is 15.3. The zero-order chi connectivity index (χ0) is 12.6. The maximum Gasteiger partial charge on any atom is 0.333 e. The minimum atomic E-state index is -0.532. The van der Waals surface area contributed by atoms with Crippen LogP contribution in [0.25, 0.3) is 0 Å². The smallest absolute Gasteiger partial charge is 0.333 e. The Labute approximate surface area is 99.8 Å². The Hall–Kier alpha value is -0.653. The van der Waals surface area contributed by atoms with Gasteiger partial charge in [-0.1, -0.05) is 13.5 Å². The minimum absolute atomic E-state index is 0.346. The second kappa shape index (κ2) is 7.59. The Morgan fingerprint density at radius 3 is 2.31 bits per heavy atom. The topological polar surface area (TPSA) is 44.8 Å². The van der Waals surface area contributed by atoms with Crippen molar-refractivity contribution in [3.63, 3.8) is 0 Å². The van der Waals surface area contributed by atoms with Gasteiger partial charge < -0.3 is 14.2 Å². The summed E-state index contributed by atoms with van der Waals surface area (Å²) in [5.41, 5.74) is -0.112. The molecule has 0 saturated carbocycles. The summed E-state index contributed by atoms with van der Waals surface area (Å²) in [6.45, 7) is 7.51. The van der Waals surface area contributed by atoms with Gasteiger partial charge in [0.05, 0.1) is 6.61 Å². The van der Waals surface area contributed by atoms with Gasteiger partial charge in [-0.25, -0.2) is 4.79 Å². The van der Waals surface area contributed by atoms with Gasteiger partial charge in [-0.3, -0.25) is 0 Å². The fraction of sp³-hybridized carbons (Fsp3) is 0.727. The summed E-state index contributed by atoms with van der Waals surface area (Å²) in [5, 5.41) is 0. The molecule has 2 radical (unpaired) electrons. The molecule has 92 valence electrons. The van der Waals surface area contributed by atoms with Crippen molar-refractivity contribution in [2.45, 2.75) is 31.7 Å². The van der Waals surface area contributed by atoms with Crippen molar-refractivity contribution in [2.75, 3.05) is 20.8 Å². The van der Waals surface area contributed by atoms with Crippen molar-refractivity contribution in [3.8, 4) is 0 Å². The molecule has 0 bridgehead atoms. The van der Waals surface area contributed by atoms with E-state index in [9.17, 15) is 4.79 Å².